The molecular formula is C15H23N3O. The first-order valence-electron chi connectivity index (χ1n) is 6.83. The van der Waals surface area contributed by atoms with Crippen molar-refractivity contribution in [3.8, 4) is 0 Å². The molecule has 0 radical (unpaired) electrons. The second-order valence-electron chi connectivity index (χ2n) is 5.34. The number of hydrogen-bond donors (Lipinski definition) is 1. The number of fused-ring (bicyclic) bond motifs is 1. The van der Waals surface area contributed by atoms with Crippen LogP contribution in [0.3, 0.4) is 0 Å². The molecule has 104 valence electrons. The summed E-state index contributed by atoms with van der Waals surface area (Å²) in [5.41, 5.74) is 8.70. The predicted molar refractivity (Wildman–Crippen MR) is 76.7 cm³/mol. The Kier molecular flexibility index (Phi) is 4.22. The summed E-state index contributed by atoms with van der Waals surface area (Å²) >= 11 is 0. The van der Waals surface area contributed by atoms with E-state index in [2.05, 4.69) is 24.0 Å². The molecule has 0 bridgehead atoms. The summed E-state index contributed by atoms with van der Waals surface area (Å²) in [5, 5.41) is 0. The SMILES string of the molecule is CCN(CC(=O)N(C)C)C1CC(N)c2ccccc21. The van der Waals surface area contributed by atoms with Crippen LogP contribution in [0, 0.1) is 0 Å². The molecule has 4 nitrogen and oxygen atoms in total. The van der Waals surface area contributed by atoms with E-state index in [1.165, 1.54) is 11.1 Å². The molecule has 2 unspecified atom stereocenters. The van der Waals surface area contributed by atoms with Gasteiger partial charge in [0.05, 0.1) is 6.54 Å². The Morgan fingerprint density at radius 2 is 1.95 bits per heavy atom. The molecule has 0 aromatic heterocycles. The van der Waals surface area contributed by atoms with Crippen LogP contribution in [-0.4, -0.2) is 42.9 Å². The maximum atomic E-state index is 11.9. The number of likely N-dealkylation sites (N-methyl/N-ethyl adjacent to an activating group) is 2. The van der Waals surface area contributed by atoms with Crippen molar-refractivity contribution in [3.05, 3.63) is 35.4 Å². The van der Waals surface area contributed by atoms with E-state index in [9.17, 15) is 4.79 Å². The van der Waals surface area contributed by atoms with Crippen LogP contribution in [0.1, 0.15) is 36.6 Å². The maximum absolute atomic E-state index is 11.9. The third-order valence-electron chi connectivity index (χ3n) is 3.92. The molecule has 2 rings (SSSR count). The van der Waals surface area contributed by atoms with Gasteiger partial charge in [0.15, 0.2) is 0 Å². The molecule has 0 aliphatic heterocycles. The lowest BCUT2D eigenvalue weighted by Crippen LogP contribution is -2.38. The number of nitrogens with two attached hydrogens (primary N) is 1. The van der Waals surface area contributed by atoms with Crippen LogP contribution in [0.15, 0.2) is 24.3 Å². The average molecular weight is 261 g/mol. The molecule has 1 aliphatic rings. The normalized spacial score (nSPS) is 21.5. The smallest absolute Gasteiger partial charge is 0.236 e. The molecule has 2 N–H and O–H groups in total. The minimum absolute atomic E-state index is 0.0877. The minimum Gasteiger partial charge on any atom is -0.348 e. The largest absolute Gasteiger partial charge is 0.348 e. The van der Waals surface area contributed by atoms with Crippen molar-refractivity contribution >= 4 is 5.91 Å². The summed E-state index contributed by atoms with van der Waals surface area (Å²) in [6, 6.07) is 8.66. The van der Waals surface area contributed by atoms with Gasteiger partial charge >= 0.3 is 0 Å². The molecule has 0 saturated heterocycles. The third-order valence-corrected chi connectivity index (χ3v) is 3.92. The van der Waals surface area contributed by atoms with E-state index in [0.29, 0.717) is 6.54 Å². The van der Waals surface area contributed by atoms with Crippen molar-refractivity contribution in [2.24, 2.45) is 5.73 Å². The third kappa shape index (κ3) is 2.80. The molecule has 0 heterocycles. The van der Waals surface area contributed by atoms with Crippen LogP contribution in [0.25, 0.3) is 0 Å². The highest BCUT2D eigenvalue weighted by atomic mass is 16.2. The number of amides is 1. The van der Waals surface area contributed by atoms with Crippen LogP contribution in [0.5, 0.6) is 0 Å². The predicted octanol–water partition coefficient (Wildman–Crippen LogP) is 1.54. The van der Waals surface area contributed by atoms with Gasteiger partial charge in [-0.05, 0) is 24.1 Å². The Morgan fingerprint density at radius 1 is 1.32 bits per heavy atom. The molecule has 2 atom stereocenters. The molecule has 0 saturated carbocycles. The van der Waals surface area contributed by atoms with Crippen molar-refractivity contribution < 1.29 is 4.79 Å². The van der Waals surface area contributed by atoms with E-state index in [-0.39, 0.29) is 18.0 Å². The molecule has 19 heavy (non-hydrogen) atoms. The van der Waals surface area contributed by atoms with Crippen molar-refractivity contribution in [1.29, 1.82) is 0 Å². The molecule has 1 aliphatic carbocycles. The summed E-state index contributed by atoms with van der Waals surface area (Å²) in [7, 11) is 3.59. The quantitative estimate of drug-likeness (QED) is 0.894. The molecule has 1 aromatic rings. The van der Waals surface area contributed by atoms with Gasteiger partial charge in [-0.2, -0.15) is 0 Å². The number of carbonyl (C=O) groups is 1. The summed E-state index contributed by atoms with van der Waals surface area (Å²) in [6.07, 6.45) is 0.897. The Hall–Kier alpha value is -1.39. The van der Waals surface area contributed by atoms with Crippen LogP contribution in [0.4, 0.5) is 0 Å². The highest BCUT2D eigenvalue weighted by Gasteiger charge is 2.32. The molecule has 0 spiro atoms. The number of benzene rings is 1. The Bertz CT molecular complexity index is 458. The molecule has 4 heteroatoms. The number of carbonyl (C=O) groups excluding carboxylic acids is 1. The monoisotopic (exact) mass is 261 g/mol. The summed E-state index contributed by atoms with van der Waals surface area (Å²) in [6.45, 7) is 3.40. The van der Waals surface area contributed by atoms with Crippen LogP contribution >= 0.6 is 0 Å². The number of nitrogens with zero attached hydrogens (tertiary/aromatic N) is 2. The second-order valence-corrected chi connectivity index (χ2v) is 5.34. The van der Waals surface area contributed by atoms with Gasteiger partial charge in [0.1, 0.15) is 0 Å². The molecular weight excluding hydrogens is 238 g/mol. The van der Waals surface area contributed by atoms with Crippen molar-refractivity contribution in [2.75, 3.05) is 27.2 Å². The topological polar surface area (TPSA) is 49.6 Å². The Balaban J connectivity index is 2.19. The lowest BCUT2D eigenvalue weighted by atomic mass is 10.1. The van der Waals surface area contributed by atoms with Crippen molar-refractivity contribution in [3.63, 3.8) is 0 Å². The summed E-state index contributed by atoms with van der Waals surface area (Å²) in [4.78, 5) is 15.8. The van der Waals surface area contributed by atoms with Crippen LogP contribution < -0.4 is 5.73 Å². The van der Waals surface area contributed by atoms with Gasteiger partial charge in [0.25, 0.3) is 0 Å². The number of rotatable bonds is 4. The Morgan fingerprint density at radius 3 is 2.53 bits per heavy atom. The lowest BCUT2D eigenvalue weighted by molar-refractivity contribution is -0.130. The highest BCUT2D eigenvalue weighted by molar-refractivity contribution is 5.77. The van der Waals surface area contributed by atoms with Gasteiger partial charge in [0.2, 0.25) is 5.91 Å². The second kappa shape index (κ2) is 5.72. The molecule has 1 amide bonds. The summed E-state index contributed by atoms with van der Waals surface area (Å²) in [5.74, 6) is 0.139. The van der Waals surface area contributed by atoms with Gasteiger partial charge in [0, 0.05) is 26.2 Å². The van der Waals surface area contributed by atoms with Crippen LogP contribution in [-0.2, 0) is 4.79 Å². The molecule has 0 fully saturated rings. The van der Waals surface area contributed by atoms with Crippen LogP contribution in [0.2, 0.25) is 0 Å². The van der Waals surface area contributed by atoms with E-state index in [4.69, 9.17) is 5.73 Å². The zero-order valence-corrected chi connectivity index (χ0v) is 12.0. The first-order chi connectivity index (χ1) is 9.04. The standard InChI is InChI=1S/C15H23N3O/c1-4-18(10-15(19)17(2)3)14-9-13(16)11-7-5-6-8-12(11)14/h5-8,13-14H,4,9-10,16H2,1-3H3. The van der Waals surface area contributed by atoms with Gasteiger partial charge in [-0.3, -0.25) is 9.69 Å². The first kappa shape index (κ1) is 14.0. The fourth-order valence-electron chi connectivity index (χ4n) is 2.75. The van der Waals surface area contributed by atoms with E-state index in [1.54, 1.807) is 19.0 Å². The fraction of sp³-hybridized carbons (Fsp3) is 0.533. The molecule has 1 aromatic carbocycles. The van der Waals surface area contributed by atoms with Crippen molar-refractivity contribution in [1.82, 2.24) is 9.80 Å². The lowest BCUT2D eigenvalue weighted by Gasteiger charge is -2.28. The van der Waals surface area contributed by atoms with Gasteiger partial charge in [-0.1, -0.05) is 31.2 Å². The zero-order chi connectivity index (χ0) is 14.0. The highest BCUT2D eigenvalue weighted by Crippen LogP contribution is 2.40. The van der Waals surface area contributed by atoms with E-state index in [1.807, 2.05) is 12.1 Å². The van der Waals surface area contributed by atoms with Gasteiger partial charge in [-0.25, -0.2) is 0 Å². The Labute approximate surface area is 115 Å². The maximum Gasteiger partial charge on any atom is 0.236 e. The van der Waals surface area contributed by atoms with E-state index >= 15 is 0 Å². The zero-order valence-electron chi connectivity index (χ0n) is 12.0. The minimum atomic E-state index is 0.0877. The van der Waals surface area contributed by atoms with Gasteiger partial charge < -0.3 is 10.6 Å². The van der Waals surface area contributed by atoms with E-state index in [0.717, 1.165) is 13.0 Å². The van der Waals surface area contributed by atoms with Gasteiger partial charge in [-0.15, -0.1) is 0 Å². The van der Waals surface area contributed by atoms with Crippen molar-refractivity contribution in [2.45, 2.75) is 25.4 Å². The first-order valence-corrected chi connectivity index (χ1v) is 6.83. The average Bonchev–Trinajstić information content (AvgIpc) is 2.73. The van der Waals surface area contributed by atoms with E-state index < -0.39 is 0 Å². The number of hydrogen-bond acceptors (Lipinski definition) is 3. The summed E-state index contributed by atoms with van der Waals surface area (Å²) < 4.78 is 0. The fourth-order valence-corrected chi connectivity index (χ4v) is 2.75.